The Kier molecular flexibility index (Phi) is 5.63. The topological polar surface area (TPSA) is 50.4 Å². The number of hydrogen-bond acceptors (Lipinski definition) is 4. The molecule has 3 rings (SSSR count). The Morgan fingerprint density at radius 2 is 2.04 bits per heavy atom. The summed E-state index contributed by atoms with van der Waals surface area (Å²) in [7, 11) is 1.42. The molecule has 1 aliphatic rings. The lowest BCUT2D eigenvalue weighted by molar-refractivity contribution is 0.0601. The number of nitrogens with one attached hydrogen (secondary N) is 2. The van der Waals surface area contributed by atoms with Crippen LogP contribution in [0.2, 0.25) is 0 Å². The number of ether oxygens (including phenoxy) is 1. The molecule has 1 heterocycles. The molecule has 2 aromatic rings. The van der Waals surface area contributed by atoms with Gasteiger partial charge in [0.25, 0.3) is 0 Å². The normalized spacial score (nSPS) is 12.8. The van der Waals surface area contributed by atoms with Gasteiger partial charge in [-0.3, -0.25) is 0 Å². The molecule has 0 atom stereocenters. The van der Waals surface area contributed by atoms with Crippen LogP contribution >= 0.6 is 23.6 Å². The zero-order valence-electron chi connectivity index (χ0n) is 15.6. The first-order valence-electron chi connectivity index (χ1n) is 8.82. The van der Waals surface area contributed by atoms with Crippen LogP contribution in [-0.2, 0) is 17.6 Å². The molecule has 0 radical (unpaired) electrons. The molecule has 1 aromatic carbocycles. The minimum absolute atomic E-state index is 0.298. The summed E-state index contributed by atoms with van der Waals surface area (Å²) in [6, 6.07) is 6.24. The summed E-state index contributed by atoms with van der Waals surface area (Å²) < 4.78 is 4.99. The molecule has 0 saturated carbocycles. The van der Waals surface area contributed by atoms with Gasteiger partial charge in [-0.1, -0.05) is 32.0 Å². The Balaban J connectivity index is 1.85. The molecule has 4 nitrogen and oxygen atoms in total. The number of aryl methyl sites for hydroxylation is 2. The first kappa shape index (κ1) is 18.9. The highest BCUT2D eigenvalue weighted by Gasteiger charge is 2.27. The lowest BCUT2D eigenvalue weighted by Crippen LogP contribution is -2.21. The molecular formula is C20H24N2O2S2. The highest BCUT2D eigenvalue weighted by molar-refractivity contribution is 7.80. The van der Waals surface area contributed by atoms with Crippen molar-refractivity contribution in [3.63, 3.8) is 0 Å². The number of carbonyl (C=O) groups excluding carboxylic acids is 1. The maximum atomic E-state index is 12.3. The first-order valence-corrected chi connectivity index (χ1v) is 10.0. The van der Waals surface area contributed by atoms with Crippen molar-refractivity contribution in [3.05, 3.63) is 45.3 Å². The average molecular weight is 389 g/mol. The van der Waals surface area contributed by atoms with Gasteiger partial charge in [0.05, 0.1) is 12.7 Å². The predicted molar refractivity (Wildman–Crippen MR) is 113 cm³/mol. The number of carbonyl (C=O) groups is 1. The van der Waals surface area contributed by atoms with E-state index in [1.807, 2.05) is 0 Å². The van der Waals surface area contributed by atoms with Crippen molar-refractivity contribution < 1.29 is 9.53 Å². The van der Waals surface area contributed by atoms with Crippen LogP contribution < -0.4 is 10.6 Å². The number of thiophene rings is 1. The number of anilines is 2. The molecule has 1 aromatic heterocycles. The lowest BCUT2D eigenvalue weighted by Gasteiger charge is -2.18. The van der Waals surface area contributed by atoms with Crippen LogP contribution in [0.25, 0.3) is 0 Å². The molecule has 0 bridgehead atoms. The van der Waals surface area contributed by atoms with E-state index in [0.717, 1.165) is 41.1 Å². The monoisotopic (exact) mass is 388 g/mol. The number of para-hydroxylation sites is 1. The van der Waals surface area contributed by atoms with Gasteiger partial charge in [-0.25, -0.2) is 4.79 Å². The highest BCUT2D eigenvalue weighted by Crippen LogP contribution is 2.39. The Morgan fingerprint density at radius 1 is 1.27 bits per heavy atom. The number of rotatable bonds is 4. The fourth-order valence-corrected chi connectivity index (χ4v) is 4.95. The molecule has 26 heavy (non-hydrogen) atoms. The van der Waals surface area contributed by atoms with Crippen LogP contribution in [0.1, 0.15) is 58.1 Å². The smallest absolute Gasteiger partial charge is 0.341 e. The molecule has 138 valence electrons. The molecule has 0 aliphatic heterocycles. The van der Waals surface area contributed by atoms with E-state index in [2.05, 4.69) is 49.6 Å². The molecule has 0 fully saturated rings. The zero-order valence-corrected chi connectivity index (χ0v) is 17.2. The minimum atomic E-state index is -0.298. The summed E-state index contributed by atoms with van der Waals surface area (Å²) in [5.74, 6) is 0.0878. The summed E-state index contributed by atoms with van der Waals surface area (Å²) in [6.07, 6.45) is 3.03. The summed E-state index contributed by atoms with van der Waals surface area (Å²) in [5, 5.41) is 7.84. The van der Waals surface area contributed by atoms with Gasteiger partial charge in [0.1, 0.15) is 5.00 Å². The van der Waals surface area contributed by atoms with E-state index in [4.69, 9.17) is 17.0 Å². The van der Waals surface area contributed by atoms with Gasteiger partial charge >= 0.3 is 5.97 Å². The standard InChI is InChI=1S/C20H24N2O2S2/c1-11(2)13-8-5-7-12(3)17(13)21-20(25)22-18-16(19(23)24-4)14-9-6-10-15(14)26-18/h5,7-8,11H,6,9-10H2,1-4H3,(H2,21,22,25). The van der Waals surface area contributed by atoms with E-state index in [9.17, 15) is 4.79 Å². The highest BCUT2D eigenvalue weighted by atomic mass is 32.1. The molecule has 2 N–H and O–H groups in total. The minimum Gasteiger partial charge on any atom is -0.465 e. The molecule has 0 saturated heterocycles. The fraction of sp³-hybridized carbons (Fsp3) is 0.400. The molecular weight excluding hydrogens is 364 g/mol. The number of methoxy groups -OCH3 is 1. The second kappa shape index (κ2) is 7.76. The van der Waals surface area contributed by atoms with Gasteiger partial charge in [-0.2, -0.15) is 0 Å². The van der Waals surface area contributed by atoms with Crippen molar-refractivity contribution in [3.8, 4) is 0 Å². The van der Waals surface area contributed by atoms with Crippen LogP contribution in [0.15, 0.2) is 18.2 Å². The summed E-state index contributed by atoms with van der Waals surface area (Å²) >= 11 is 7.15. The van der Waals surface area contributed by atoms with Gasteiger partial charge in [-0.15, -0.1) is 11.3 Å². The number of fused-ring (bicyclic) bond motifs is 1. The van der Waals surface area contributed by atoms with Gasteiger partial charge in [0.15, 0.2) is 5.11 Å². The largest absolute Gasteiger partial charge is 0.465 e. The average Bonchev–Trinajstić information content (AvgIpc) is 3.16. The zero-order chi connectivity index (χ0) is 18.8. The Hall–Kier alpha value is -1.92. The van der Waals surface area contributed by atoms with E-state index < -0.39 is 0 Å². The van der Waals surface area contributed by atoms with Crippen LogP contribution in [0.3, 0.4) is 0 Å². The van der Waals surface area contributed by atoms with E-state index >= 15 is 0 Å². The summed E-state index contributed by atoms with van der Waals surface area (Å²) in [4.78, 5) is 13.5. The maximum absolute atomic E-state index is 12.3. The number of esters is 1. The van der Waals surface area contributed by atoms with Crippen molar-refractivity contribution >= 4 is 45.3 Å². The molecule has 0 unspecified atom stereocenters. The Labute approximate surface area is 164 Å². The quantitative estimate of drug-likeness (QED) is 0.552. The number of hydrogen-bond donors (Lipinski definition) is 2. The Morgan fingerprint density at radius 3 is 2.73 bits per heavy atom. The van der Waals surface area contributed by atoms with Crippen molar-refractivity contribution in [2.75, 3.05) is 17.7 Å². The fourth-order valence-electron chi connectivity index (χ4n) is 3.40. The third-order valence-corrected chi connectivity index (χ3v) is 6.11. The predicted octanol–water partition coefficient (Wildman–Crippen LogP) is 5.26. The number of thiocarbonyl (C=S) groups is 1. The van der Waals surface area contributed by atoms with Gasteiger partial charge in [0.2, 0.25) is 0 Å². The van der Waals surface area contributed by atoms with Crippen molar-refractivity contribution in [2.45, 2.75) is 46.0 Å². The summed E-state index contributed by atoms with van der Waals surface area (Å²) in [5.41, 5.74) is 5.15. The third kappa shape index (κ3) is 3.62. The van der Waals surface area contributed by atoms with Gasteiger partial charge in [-0.05, 0) is 61.0 Å². The van der Waals surface area contributed by atoms with Crippen LogP contribution in [0.4, 0.5) is 10.7 Å². The third-order valence-electron chi connectivity index (χ3n) is 4.70. The lowest BCUT2D eigenvalue weighted by atomic mass is 9.98. The second-order valence-electron chi connectivity index (χ2n) is 6.83. The van der Waals surface area contributed by atoms with E-state index in [0.29, 0.717) is 16.6 Å². The maximum Gasteiger partial charge on any atom is 0.341 e. The Bertz CT molecular complexity index is 856. The summed E-state index contributed by atoms with van der Waals surface area (Å²) in [6.45, 7) is 6.39. The van der Waals surface area contributed by atoms with Gasteiger partial charge in [0, 0.05) is 10.6 Å². The number of benzene rings is 1. The second-order valence-corrected chi connectivity index (χ2v) is 8.34. The van der Waals surface area contributed by atoms with Crippen molar-refractivity contribution in [2.24, 2.45) is 0 Å². The SMILES string of the molecule is COC(=O)c1c(NC(=S)Nc2c(C)cccc2C(C)C)sc2c1CCC2. The van der Waals surface area contributed by atoms with Crippen LogP contribution in [0, 0.1) is 6.92 Å². The molecule has 0 spiro atoms. The van der Waals surface area contributed by atoms with Crippen molar-refractivity contribution in [1.82, 2.24) is 0 Å². The van der Waals surface area contributed by atoms with E-state index in [1.165, 1.54) is 17.6 Å². The van der Waals surface area contributed by atoms with Crippen LogP contribution in [-0.4, -0.2) is 18.2 Å². The van der Waals surface area contributed by atoms with Crippen LogP contribution in [0.5, 0.6) is 0 Å². The molecule has 0 amide bonds. The van der Waals surface area contributed by atoms with Crippen molar-refractivity contribution in [1.29, 1.82) is 0 Å². The van der Waals surface area contributed by atoms with E-state index in [-0.39, 0.29) is 5.97 Å². The van der Waals surface area contributed by atoms with Gasteiger partial charge < -0.3 is 15.4 Å². The first-order chi connectivity index (χ1) is 12.4. The molecule has 1 aliphatic carbocycles. The molecule has 6 heteroatoms. The van der Waals surface area contributed by atoms with E-state index in [1.54, 1.807) is 11.3 Å².